The molecule has 0 unspecified atom stereocenters. The van der Waals surface area contributed by atoms with Crippen LogP contribution in [0, 0.1) is 0 Å². The second kappa shape index (κ2) is 9.28. The van der Waals surface area contributed by atoms with E-state index in [0.29, 0.717) is 0 Å². The van der Waals surface area contributed by atoms with Crippen LogP contribution in [-0.2, 0) is 22.8 Å². The van der Waals surface area contributed by atoms with Gasteiger partial charge in [-0.25, -0.2) is 4.79 Å². The normalized spacial score (nSPS) is 12.9. The van der Waals surface area contributed by atoms with Crippen LogP contribution in [0.4, 0.5) is 0 Å². The molecular formula is C14H28O5Si. The van der Waals surface area contributed by atoms with Gasteiger partial charge in [0.2, 0.25) is 0 Å². The lowest BCUT2D eigenvalue weighted by atomic mass is 10.5. The highest BCUT2D eigenvalue weighted by molar-refractivity contribution is 6.61. The third kappa shape index (κ3) is 8.47. The average Bonchev–Trinajstić information content (AvgIpc) is 2.23. The Morgan fingerprint density at radius 2 is 1.35 bits per heavy atom. The van der Waals surface area contributed by atoms with Gasteiger partial charge in [0, 0.05) is 24.4 Å². The van der Waals surface area contributed by atoms with Crippen molar-refractivity contribution in [3.05, 3.63) is 12.2 Å². The minimum atomic E-state index is -3.05. The summed E-state index contributed by atoms with van der Waals surface area (Å²) in [5.74, 6) is -0.420. The molecule has 0 aromatic heterocycles. The van der Waals surface area contributed by atoms with E-state index < -0.39 is 14.8 Å². The van der Waals surface area contributed by atoms with Crippen LogP contribution in [0.15, 0.2) is 12.2 Å². The van der Waals surface area contributed by atoms with Gasteiger partial charge in [0.25, 0.3) is 0 Å². The summed E-state index contributed by atoms with van der Waals surface area (Å²) in [5.41, 5.74) is 0. The molecule has 0 aliphatic carbocycles. The van der Waals surface area contributed by atoms with Crippen LogP contribution >= 0.6 is 0 Å². The van der Waals surface area contributed by atoms with Crippen molar-refractivity contribution in [1.82, 2.24) is 0 Å². The van der Waals surface area contributed by atoms with Crippen LogP contribution in [-0.4, -0.2) is 39.3 Å². The van der Waals surface area contributed by atoms with Crippen LogP contribution in [0.3, 0.4) is 0 Å². The summed E-state index contributed by atoms with van der Waals surface area (Å²) >= 11 is 0. The van der Waals surface area contributed by atoms with Crippen molar-refractivity contribution in [3.63, 3.8) is 0 Å². The lowest BCUT2D eigenvalue weighted by Crippen LogP contribution is -2.55. The Balaban J connectivity index is 4.99. The molecule has 0 heterocycles. The van der Waals surface area contributed by atoms with E-state index in [9.17, 15) is 4.79 Å². The fourth-order valence-electron chi connectivity index (χ4n) is 1.61. The van der Waals surface area contributed by atoms with Crippen molar-refractivity contribution in [1.29, 1.82) is 0 Å². The summed E-state index contributed by atoms with van der Waals surface area (Å²) in [6.45, 7) is 13.2. The van der Waals surface area contributed by atoms with Crippen molar-refractivity contribution < 1.29 is 22.8 Å². The Bertz CT molecular complexity index is 286. The molecule has 0 fully saturated rings. The number of carbonyl (C=O) groups is 1. The summed E-state index contributed by atoms with van der Waals surface area (Å²) in [6.07, 6.45) is 2.80. The van der Waals surface area contributed by atoms with Gasteiger partial charge in [0.05, 0.1) is 0 Å². The van der Waals surface area contributed by atoms with E-state index >= 15 is 0 Å². The van der Waals surface area contributed by atoms with E-state index in [4.69, 9.17) is 18.0 Å². The summed E-state index contributed by atoms with van der Waals surface area (Å²) in [6, 6.07) is 0. The number of allylic oxidation sites excluding steroid dienone is 1. The molecule has 0 rings (SSSR count). The van der Waals surface area contributed by atoms with E-state index in [1.54, 1.807) is 13.0 Å². The number of hydrogen-bond donors (Lipinski definition) is 0. The third-order valence-electron chi connectivity index (χ3n) is 1.94. The quantitative estimate of drug-likeness (QED) is 0.372. The molecule has 0 spiro atoms. The Hall–Kier alpha value is -0.693. The van der Waals surface area contributed by atoms with Crippen LogP contribution in [0.5, 0.6) is 0 Å². The molecule has 118 valence electrons. The lowest BCUT2D eigenvalue weighted by Gasteiger charge is -2.33. The topological polar surface area (TPSA) is 54.0 Å². The van der Waals surface area contributed by atoms with Crippen molar-refractivity contribution in [2.45, 2.75) is 66.8 Å². The molecular weight excluding hydrogens is 276 g/mol. The van der Waals surface area contributed by atoms with Crippen molar-refractivity contribution in [2.75, 3.05) is 6.23 Å². The van der Waals surface area contributed by atoms with Gasteiger partial charge < -0.3 is 18.0 Å². The van der Waals surface area contributed by atoms with Gasteiger partial charge in [-0.2, -0.15) is 0 Å². The predicted octanol–water partition coefficient (Wildman–Crippen LogP) is 2.86. The molecule has 5 nitrogen and oxygen atoms in total. The van der Waals surface area contributed by atoms with Crippen molar-refractivity contribution in [3.8, 4) is 0 Å². The zero-order valence-electron chi connectivity index (χ0n) is 13.6. The van der Waals surface area contributed by atoms with Crippen LogP contribution < -0.4 is 0 Å². The Morgan fingerprint density at radius 3 is 1.65 bits per heavy atom. The molecule has 0 bridgehead atoms. The molecule has 0 saturated heterocycles. The smallest absolute Gasteiger partial charge is 0.458 e. The lowest BCUT2D eigenvalue weighted by molar-refractivity contribution is -0.138. The fraction of sp³-hybridized carbons (Fsp3) is 0.786. The highest BCUT2D eigenvalue weighted by atomic mass is 28.4. The number of esters is 1. The fourth-order valence-corrected chi connectivity index (χ4v) is 4.45. The summed E-state index contributed by atoms with van der Waals surface area (Å²) in [7, 11) is -3.05. The van der Waals surface area contributed by atoms with Gasteiger partial charge in [-0.1, -0.05) is 6.08 Å². The van der Waals surface area contributed by atoms with Crippen LogP contribution in [0.25, 0.3) is 0 Å². The van der Waals surface area contributed by atoms with Gasteiger partial charge >= 0.3 is 14.8 Å². The highest BCUT2D eigenvalue weighted by Crippen LogP contribution is 2.18. The molecule has 0 amide bonds. The SMILES string of the molecule is CC=CC(=O)OC[Si](OC(C)C)(OC(C)C)OC(C)C. The number of ether oxygens (including phenoxy) is 1. The first-order valence-electron chi connectivity index (χ1n) is 7.03. The predicted molar refractivity (Wildman–Crippen MR) is 80.2 cm³/mol. The zero-order valence-corrected chi connectivity index (χ0v) is 14.6. The van der Waals surface area contributed by atoms with Gasteiger partial charge in [-0.3, -0.25) is 0 Å². The van der Waals surface area contributed by atoms with Crippen molar-refractivity contribution in [2.24, 2.45) is 0 Å². The molecule has 0 saturated carbocycles. The molecule has 6 heteroatoms. The van der Waals surface area contributed by atoms with Gasteiger partial charge in [0.15, 0.2) is 6.23 Å². The van der Waals surface area contributed by atoms with Crippen LogP contribution in [0.2, 0.25) is 0 Å². The Kier molecular flexibility index (Phi) is 8.96. The van der Waals surface area contributed by atoms with Gasteiger partial charge in [-0.15, -0.1) is 0 Å². The van der Waals surface area contributed by atoms with E-state index in [2.05, 4.69) is 0 Å². The van der Waals surface area contributed by atoms with Gasteiger partial charge in [-0.05, 0) is 48.5 Å². The van der Waals surface area contributed by atoms with Gasteiger partial charge in [0.1, 0.15) is 0 Å². The molecule has 0 aliphatic rings. The molecule has 0 atom stereocenters. The second-order valence-corrected chi connectivity index (χ2v) is 7.65. The Morgan fingerprint density at radius 1 is 0.950 bits per heavy atom. The molecule has 0 aromatic carbocycles. The van der Waals surface area contributed by atoms with E-state index in [1.807, 2.05) is 41.5 Å². The largest absolute Gasteiger partial charge is 0.541 e. The number of carbonyl (C=O) groups excluding carboxylic acids is 1. The highest BCUT2D eigenvalue weighted by Gasteiger charge is 2.46. The third-order valence-corrected chi connectivity index (χ3v) is 4.93. The molecule has 0 aromatic rings. The van der Waals surface area contributed by atoms with Crippen LogP contribution in [0.1, 0.15) is 48.5 Å². The standard InChI is InChI=1S/C14H28O5Si/c1-8-9-14(15)16-10-20(17-11(2)3,18-12(4)5)19-13(6)7/h8-9,11-13H,10H2,1-7H3. The first-order chi connectivity index (χ1) is 9.20. The zero-order chi connectivity index (χ0) is 15.8. The minimum absolute atomic E-state index is 0.0186. The van der Waals surface area contributed by atoms with E-state index in [0.717, 1.165) is 0 Å². The molecule has 20 heavy (non-hydrogen) atoms. The molecule has 0 radical (unpaired) electrons. The van der Waals surface area contributed by atoms with E-state index in [-0.39, 0.29) is 24.5 Å². The maximum absolute atomic E-state index is 11.5. The number of hydrogen-bond acceptors (Lipinski definition) is 5. The number of rotatable bonds is 9. The molecule has 0 aliphatic heterocycles. The maximum atomic E-state index is 11.5. The second-order valence-electron chi connectivity index (χ2n) is 5.29. The first-order valence-corrected chi connectivity index (χ1v) is 8.97. The Labute approximate surface area is 123 Å². The summed E-state index contributed by atoms with van der Waals surface area (Å²) in [5, 5.41) is 0. The maximum Gasteiger partial charge on any atom is 0.541 e. The average molecular weight is 304 g/mol. The minimum Gasteiger partial charge on any atom is -0.458 e. The summed E-state index contributed by atoms with van der Waals surface area (Å²) in [4.78, 5) is 11.5. The monoisotopic (exact) mass is 304 g/mol. The molecule has 0 N–H and O–H groups in total. The van der Waals surface area contributed by atoms with E-state index in [1.165, 1.54) is 6.08 Å². The summed E-state index contributed by atoms with van der Waals surface area (Å²) < 4.78 is 22.9. The first kappa shape index (κ1) is 19.3. The van der Waals surface area contributed by atoms with Crippen molar-refractivity contribution >= 4 is 14.8 Å².